The second-order valence-corrected chi connectivity index (χ2v) is 6.94. The number of hydrogen-bond donors (Lipinski definition) is 2. The second-order valence-electron chi connectivity index (χ2n) is 6.94. The molecule has 144 valence electrons. The maximum atomic E-state index is 4.74. The summed E-state index contributed by atoms with van der Waals surface area (Å²) in [7, 11) is 1.99. The van der Waals surface area contributed by atoms with E-state index in [1.807, 2.05) is 18.5 Å². The Labute approximate surface area is 169 Å². The number of nitrogens with zero attached hydrogens (tertiary/aromatic N) is 4. The number of unbranched alkanes of at least 4 members (excludes halogenated alkanes) is 1. The van der Waals surface area contributed by atoms with Crippen molar-refractivity contribution >= 4 is 29.9 Å². The zero-order valence-electron chi connectivity index (χ0n) is 16.2. The smallest absolute Gasteiger partial charge is 0.191 e. The highest BCUT2D eigenvalue weighted by molar-refractivity contribution is 14.0. The van der Waals surface area contributed by atoms with Crippen molar-refractivity contribution < 1.29 is 0 Å². The van der Waals surface area contributed by atoms with E-state index in [0.29, 0.717) is 12.6 Å². The minimum absolute atomic E-state index is 0. The summed E-state index contributed by atoms with van der Waals surface area (Å²) < 4.78 is 2.00. The Morgan fingerprint density at radius 1 is 1.20 bits per heavy atom. The third kappa shape index (κ3) is 7.11. The third-order valence-corrected chi connectivity index (χ3v) is 5.15. The molecule has 1 heterocycles. The number of aryl methyl sites for hydroxylation is 1. The molecule has 0 saturated heterocycles. The molecule has 1 aromatic heterocycles. The van der Waals surface area contributed by atoms with E-state index in [2.05, 4.69) is 34.7 Å². The van der Waals surface area contributed by atoms with Gasteiger partial charge in [-0.1, -0.05) is 26.7 Å². The first-order chi connectivity index (χ1) is 11.6. The number of halogens is 1. The first-order valence-corrected chi connectivity index (χ1v) is 9.53. The molecule has 1 fully saturated rings. The normalized spacial score (nSPS) is 20.9. The van der Waals surface area contributed by atoms with Gasteiger partial charge in [-0.15, -0.1) is 34.2 Å². The minimum Gasteiger partial charge on any atom is -0.356 e. The largest absolute Gasteiger partial charge is 0.356 e. The van der Waals surface area contributed by atoms with Gasteiger partial charge in [0.25, 0.3) is 0 Å². The summed E-state index contributed by atoms with van der Waals surface area (Å²) in [5, 5.41) is 15.4. The summed E-state index contributed by atoms with van der Waals surface area (Å²) in [6, 6.07) is 0.543. The fourth-order valence-electron chi connectivity index (χ4n) is 3.18. The van der Waals surface area contributed by atoms with E-state index < -0.39 is 0 Å². The summed E-state index contributed by atoms with van der Waals surface area (Å²) in [6.45, 7) is 8.00. The van der Waals surface area contributed by atoms with Crippen LogP contribution in [0, 0.1) is 12.8 Å². The summed E-state index contributed by atoms with van der Waals surface area (Å²) >= 11 is 0. The highest BCUT2D eigenvalue weighted by Gasteiger charge is 2.20. The van der Waals surface area contributed by atoms with E-state index in [4.69, 9.17) is 4.99 Å². The van der Waals surface area contributed by atoms with Gasteiger partial charge in [0.1, 0.15) is 12.4 Å². The van der Waals surface area contributed by atoms with Crippen molar-refractivity contribution in [3.05, 3.63) is 11.6 Å². The van der Waals surface area contributed by atoms with Crippen molar-refractivity contribution in [2.24, 2.45) is 18.0 Å². The summed E-state index contributed by atoms with van der Waals surface area (Å²) in [5.74, 6) is 3.66. The summed E-state index contributed by atoms with van der Waals surface area (Å²) in [4.78, 5) is 4.74. The van der Waals surface area contributed by atoms with Gasteiger partial charge >= 0.3 is 0 Å². The van der Waals surface area contributed by atoms with Crippen molar-refractivity contribution in [1.29, 1.82) is 0 Å². The maximum Gasteiger partial charge on any atom is 0.191 e. The van der Waals surface area contributed by atoms with Crippen molar-refractivity contribution in [3.8, 4) is 0 Å². The van der Waals surface area contributed by atoms with Crippen LogP contribution in [0.25, 0.3) is 0 Å². The van der Waals surface area contributed by atoms with E-state index >= 15 is 0 Å². The fraction of sp³-hybridized carbons (Fsp3) is 0.833. The molecule has 0 aliphatic heterocycles. The Morgan fingerprint density at radius 2 is 1.92 bits per heavy atom. The van der Waals surface area contributed by atoms with Crippen LogP contribution in [0.1, 0.15) is 70.4 Å². The van der Waals surface area contributed by atoms with Gasteiger partial charge in [-0.3, -0.25) is 0 Å². The Bertz CT molecular complexity index is 520. The average molecular weight is 462 g/mol. The lowest BCUT2D eigenvalue weighted by Crippen LogP contribution is -2.45. The number of nitrogens with one attached hydrogen (secondary N) is 2. The molecular weight excluding hydrogens is 427 g/mol. The van der Waals surface area contributed by atoms with E-state index in [-0.39, 0.29) is 24.0 Å². The number of guanidine groups is 1. The van der Waals surface area contributed by atoms with E-state index in [1.165, 1.54) is 38.5 Å². The van der Waals surface area contributed by atoms with Gasteiger partial charge in [-0.2, -0.15) is 0 Å². The predicted octanol–water partition coefficient (Wildman–Crippen LogP) is 3.55. The van der Waals surface area contributed by atoms with E-state index in [1.54, 1.807) is 0 Å². The van der Waals surface area contributed by atoms with Gasteiger partial charge in [-0.05, 0) is 44.9 Å². The molecule has 0 bridgehead atoms. The molecule has 1 aromatic rings. The SMILES string of the molecule is CCCCNC(=NCc1nnc(C)n1C)NC1CCC(CC)CC1.I. The first kappa shape index (κ1) is 22.2. The van der Waals surface area contributed by atoms with Crippen LogP contribution >= 0.6 is 24.0 Å². The molecular formula is C18H35IN6. The fourth-order valence-corrected chi connectivity index (χ4v) is 3.18. The molecule has 0 unspecified atom stereocenters. The molecule has 0 aromatic carbocycles. The van der Waals surface area contributed by atoms with Gasteiger partial charge in [-0.25, -0.2) is 4.99 Å². The molecule has 6 nitrogen and oxygen atoms in total. The van der Waals surface area contributed by atoms with Crippen LogP contribution in [0.3, 0.4) is 0 Å². The maximum absolute atomic E-state index is 4.74. The lowest BCUT2D eigenvalue weighted by Gasteiger charge is -2.29. The van der Waals surface area contributed by atoms with Gasteiger partial charge in [0.15, 0.2) is 11.8 Å². The Kier molecular flexibility index (Phi) is 10.4. The second kappa shape index (κ2) is 11.7. The van der Waals surface area contributed by atoms with Crippen LogP contribution in [-0.4, -0.2) is 33.3 Å². The van der Waals surface area contributed by atoms with Gasteiger partial charge in [0, 0.05) is 19.6 Å². The van der Waals surface area contributed by atoms with Gasteiger partial charge in [0.2, 0.25) is 0 Å². The van der Waals surface area contributed by atoms with Crippen LogP contribution in [0.15, 0.2) is 4.99 Å². The third-order valence-electron chi connectivity index (χ3n) is 5.15. The van der Waals surface area contributed by atoms with Crippen LogP contribution < -0.4 is 10.6 Å². The Balaban J connectivity index is 0.00000312. The zero-order chi connectivity index (χ0) is 17.4. The van der Waals surface area contributed by atoms with E-state index in [0.717, 1.165) is 36.5 Å². The lowest BCUT2D eigenvalue weighted by atomic mass is 9.84. The first-order valence-electron chi connectivity index (χ1n) is 9.53. The molecule has 1 saturated carbocycles. The summed E-state index contributed by atoms with van der Waals surface area (Å²) in [5.41, 5.74) is 0. The number of hydrogen-bond acceptors (Lipinski definition) is 3. The quantitative estimate of drug-likeness (QED) is 0.282. The molecule has 7 heteroatoms. The van der Waals surface area contributed by atoms with Crippen molar-refractivity contribution in [1.82, 2.24) is 25.4 Å². The molecule has 1 aliphatic carbocycles. The number of aliphatic imine (C=N–C) groups is 1. The van der Waals surface area contributed by atoms with Crippen LogP contribution in [-0.2, 0) is 13.6 Å². The monoisotopic (exact) mass is 462 g/mol. The molecule has 0 amide bonds. The minimum atomic E-state index is 0. The molecule has 0 radical (unpaired) electrons. The van der Waals surface area contributed by atoms with Crippen LogP contribution in [0.2, 0.25) is 0 Å². The number of aromatic nitrogens is 3. The van der Waals surface area contributed by atoms with Gasteiger partial charge in [0.05, 0.1) is 0 Å². The van der Waals surface area contributed by atoms with Crippen LogP contribution in [0.5, 0.6) is 0 Å². The molecule has 2 rings (SSSR count). The lowest BCUT2D eigenvalue weighted by molar-refractivity contribution is 0.304. The van der Waals surface area contributed by atoms with E-state index in [9.17, 15) is 0 Å². The highest BCUT2D eigenvalue weighted by Crippen LogP contribution is 2.26. The van der Waals surface area contributed by atoms with Crippen molar-refractivity contribution in [3.63, 3.8) is 0 Å². The standard InChI is InChI=1S/C18H34N6.HI/c1-5-7-12-19-18(20-13-17-23-22-14(3)24(17)4)21-16-10-8-15(6-2)9-11-16;/h15-16H,5-13H2,1-4H3,(H2,19,20,21);1H. The predicted molar refractivity (Wildman–Crippen MR) is 114 cm³/mol. The molecule has 0 spiro atoms. The van der Waals surface area contributed by atoms with Crippen LogP contribution in [0.4, 0.5) is 0 Å². The Morgan fingerprint density at radius 3 is 2.48 bits per heavy atom. The molecule has 2 N–H and O–H groups in total. The molecule has 1 aliphatic rings. The zero-order valence-corrected chi connectivity index (χ0v) is 18.5. The summed E-state index contributed by atoms with van der Waals surface area (Å²) in [6.07, 6.45) is 8.81. The van der Waals surface area contributed by atoms with Crippen molar-refractivity contribution in [2.75, 3.05) is 6.54 Å². The molecule has 25 heavy (non-hydrogen) atoms. The highest BCUT2D eigenvalue weighted by atomic mass is 127. The number of rotatable bonds is 7. The van der Waals surface area contributed by atoms with Crippen molar-refractivity contribution in [2.45, 2.75) is 78.3 Å². The average Bonchev–Trinajstić information content (AvgIpc) is 2.92. The van der Waals surface area contributed by atoms with Gasteiger partial charge < -0.3 is 15.2 Å². The Hall–Kier alpha value is -0.860. The topological polar surface area (TPSA) is 67.1 Å². The molecule has 0 atom stereocenters.